The van der Waals surface area contributed by atoms with Crippen LogP contribution >= 0.6 is 0 Å². The summed E-state index contributed by atoms with van der Waals surface area (Å²) in [6.45, 7) is 4.43. The first-order valence-corrected chi connectivity index (χ1v) is 6.10. The molecule has 0 radical (unpaired) electrons. The predicted molar refractivity (Wildman–Crippen MR) is 68.3 cm³/mol. The van der Waals surface area contributed by atoms with Crippen LogP contribution in [0.1, 0.15) is 26.7 Å². The minimum absolute atomic E-state index is 0.0642. The van der Waals surface area contributed by atoms with Crippen molar-refractivity contribution in [2.24, 2.45) is 11.7 Å². The Hall–Kier alpha value is -1.63. The lowest BCUT2D eigenvalue weighted by atomic mass is 10.1. The number of carboxylic acids is 1. The van der Waals surface area contributed by atoms with Crippen LogP contribution in [0.3, 0.4) is 0 Å². The number of esters is 1. The predicted octanol–water partition coefficient (Wildman–Crippen LogP) is -0.164. The summed E-state index contributed by atoms with van der Waals surface area (Å²) < 4.78 is 4.51. The second-order valence-corrected chi connectivity index (χ2v) is 4.71. The van der Waals surface area contributed by atoms with Crippen LogP contribution in [0.2, 0.25) is 0 Å². The van der Waals surface area contributed by atoms with E-state index in [1.54, 1.807) is 0 Å². The van der Waals surface area contributed by atoms with E-state index >= 15 is 0 Å². The average Bonchev–Trinajstić information content (AvgIpc) is 2.31. The Morgan fingerprint density at radius 3 is 2.32 bits per heavy atom. The number of rotatable bonds is 8. The fourth-order valence-electron chi connectivity index (χ4n) is 1.57. The standard InChI is InChI=1S/C12H22N2O5/c1-8(2)7-14(5-4-11(17)19-3)12(18)9(13)6-10(15)16/h8-9H,4-7,13H2,1-3H3,(H,15,16). The number of hydrogen-bond acceptors (Lipinski definition) is 5. The lowest BCUT2D eigenvalue weighted by Gasteiger charge is -2.26. The van der Waals surface area contributed by atoms with Crippen molar-refractivity contribution in [2.45, 2.75) is 32.7 Å². The van der Waals surface area contributed by atoms with E-state index in [0.717, 1.165) is 0 Å². The molecule has 0 bridgehead atoms. The van der Waals surface area contributed by atoms with Gasteiger partial charge in [0.25, 0.3) is 0 Å². The smallest absolute Gasteiger partial charge is 0.307 e. The van der Waals surface area contributed by atoms with Gasteiger partial charge >= 0.3 is 11.9 Å². The summed E-state index contributed by atoms with van der Waals surface area (Å²) in [7, 11) is 1.27. The summed E-state index contributed by atoms with van der Waals surface area (Å²) in [4.78, 5) is 35.0. The molecule has 0 saturated carbocycles. The van der Waals surface area contributed by atoms with Gasteiger partial charge in [-0.1, -0.05) is 13.8 Å². The van der Waals surface area contributed by atoms with Gasteiger partial charge < -0.3 is 20.5 Å². The van der Waals surface area contributed by atoms with Crippen molar-refractivity contribution in [1.29, 1.82) is 0 Å². The van der Waals surface area contributed by atoms with E-state index in [2.05, 4.69) is 4.74 Å². The zero-order valence-corrected chi connectivity index (χ0v) is 11.6. The number of ether oxygens (including phenoxy) is 1. The van der Waals surface area contributed by atoms with E-state index in [1.807, 2.05) is 13.8 Å². The van der Waals surface area contributed by atoms with E-state index in [0.29, 0.717) is 6.54 Å². The lowest BCUT2D eigenvalue weighted by Crippen LogP contribution is -2.46. The van der Waals surface area contributed by atoms with Gasteiger partial charge in [0.1, 0.15) is 0 Å². The SMILES string of the molecule is COC(=O)CCN(CC(C)C)C(=O)C(N)CC(=O)O. The van der Waals surface area contributed by atoms with Crippen molar-refractivity contribution >= 4 is 17.8 Å². The number of carbonyl (C=O) groups is 3. The van der Waals surface area contributed by atoms with Gasteiger partial charge in [0.15, 0.2) is 0 Å². The molecule has 110 valence electrons. The molecule has 0 heterocycles. The van der Waals surface area contributed by atoms with Gasteiger partial charge in [0, 0.05) is 13.1 Å². The molecule has 1 atom stereocenters. The Bertz CT molecular complexity index is 330. The average molecular weight is 274 g/mol. The third-order valence-electron chi connectivity index (χ3n) is 2.42. The highest BCUT2D eigenvalue weighted by atomic mass is 16.5. The third-order valence-corrected chi connectivity index (χ3v) is 2.42. The molecule has 0 spiro atoms. The summed E-state index contributed by atoms with van der Waals surface area (Å²) in [5.41, 5.74) is 5.55. The molecule has 0 saturated heterocycles. The van der Waals surface area contributed by atoms with Crippen LogP contribution in [0.15, 0.2) is 0 Å². The number of methoxy groups -OCH3 is 1. The quantitative estimate of drug-likeness (QED) is 0.595. The van der Waals surface area contributed by atoms with Crippen LogP contribution in [0.5, 0.6) is 0 Å². The summed E-state index contributed by atoms with van der Waals surface area (Å²) in [6, 6.07) is -1.09. The molecule has 1 amide bonds. The van der Waals surface area contributed by atoms with Crippen LogP contribution in [0, 0.1) is 5.92 Å². The van der Waals surface area contributed by atoms with Gasteiger partial charge in [-0.05, 0) is 5.92 Å². The number of carbonyl (C=O) groups excluding carboxylic acids is 2. The first-order chi connectivity index (χ1) is 8.77. The van der Waals surface area contributed by atoms with Gasteiger partial charge in [0.2, 0.25) is 5.91 Å². The molecule has 0 aromatic carbocycles. The highest BCUT2D eigenvalue weighted by molar-refractivity contribution is 5.86. The maximum Gasteiger partial charge on any atom is 0.307 e. The van der Waals surface area contributed by atoms with Crippen LogP contribution < -0.4 is 5.73 Å². The van der Waals surface area contributed by atoms with Crippen LogP contribution in [-0.4, -0.2) is 54.1 Å². The first kappa shape index (κ1) is 17.4. The lowest BCUT2D eigenvalue weighted by molar-refractivity contribution is -0.144. The van der Waals surface area contributed by atoms with Gasteiger partial charge in [-0.15, -0.1) is 0 Å². The topological polar surface area (TPSA) is 110 Å². The van der Waals surface area contributed by atoms with E-state index in [4.69, 9.17) is 10.8 Å². The Morgan fingerprint density at radius 2 is 1.89 bits per heavy atom. The van der Waals surface area contributed by atoms with Crippen molar-refractivity contribution < 1.29 is 24.2 Å². The van der Waals surface area contributed by atoms with Gasteiger partial charge in [-0.2, -0.15) is 0 Å². The number of hydrogen-bond donors (Lipinski definition) is 2. The van der Waals surface area contributed by atoms with Crippen LogP contribution in [0.4, 0.5) is 0 Å². The maximum absolute atomic E-state index is 12.0. The van der Waals surface area contributed by atoms with Crippen molar-refractivity contribution in [1.82, 2.24) is 4.90 Å². The minimum Gasteiger partial charge on any atom is -0.481 e. The molecule has 1 unspecified atom stereocenters. The summed E-state index contributed by atoms with van der Waals surface area (Å²) >= 11 is 0. The number of nitrogens with zero attached hydrogens (tertiary/aromatic N) is 1. The largest absolute Gasteiger partial charge is 0.481 e. The molecular formula is C12H22N2O5. The second-order valence-electron chi connectivity index (χ2n) is 4.71. The monoisotopic (exact) mass is 274 g/mol. The number of nitrogens with two attached hydrogens (primary N) is 1. The summed E-state index contributed by atoms with van der Waals surface area (Å²) in [6.07, 6.45) is -0.361. The third kappa shape index (κ3) is 7.40. The van der Waals surface area contributed by atoms with Crippen molar-refractivity contribution in [3.63, 3.8) is 0 Å². The Balaban J connectivity index is 4.58. The molecule has 0 aliphatic heterocycles. The molecule has 3 N–H and O–H groups in total. The molecule has 0 aromatic heterocycles. The fourth-order valence-corrected chi connectivity index (χ4v) is 1.57. The highest BCUT2D eigenvalue weighted by Crippen LogP contribution is 2.05. The molecule has 0 aliphatic rings. The molecule has 7 nitrogen and oxygen atoms in total. The Kier molecular flexibility index (Phi) is 7.74. The Morgan fingerprint density at radius 1 is 1.32 bits per heavy atom. The number of amides is 1. The van der Waals surface area contributed by atoms with Crippen LogP contribution in [0.25, 0.3) is 0 Å². The number of aliphatic carboxylic acids is 1. The molecule has 0 aliphatic carbocycles. The molecule has 0 fully saturated rings. The fraction of sp³-hybridized carbons (Fsp3) is 0.750. The van der Waals surface area contributed by atoms with Gasteiger partial charge in [0.05, 0.1) is 26.0 Å². The normalized spacial score (nSPS) is 12.1. The van der Waals surface area contributed by atoms with Crippen LogP contribution in [-0.2, 0) is 19.1 Å². The Labute approximate surface area is 112 Å². The minimum atomic E-state index is -1.13. The number of carboxylic acid groups (broad SMARTS) is 1. The zero-order valence-electron chi connectivity index (χ0n) is 11.6. The van der Waals surface area contributed by atoms with Gasteiger partial charge in [-0.3, -0.25) is 14.4 Å². The molecular weight excluding hydrogens is 252 g/mol. The van der Waals surface area contributed by atoms with E-state index in [-0.39, 0.29) is 18.9 Å². The van der Waals surface area contributed by atoms with E-state index in [1.165, 1.54) is 12.0 Å². The molecule has 7 heteroatoms. The first-order valence-electron chi connectivity index (χ1n) is 6.10. The molecule has 0 aromatic rings. The van der Waals surface area contributed by atoms with Crippen molar-refractivity contribution in [3.8, 4) is 0 Å². The van der Waals surface area contributed by atoms with E-state index in [9.17, 15) is 14.4 Å². The van der Waals surface area contributed by atoms with Crippen molar-refractivity contribution in [2.75, 3.05) is 20.2 Å². The maximum atomic E-state index is 12.0. The zero-order chi connectivity index (χ0) is 15.0. The summed E-state index contributed by atoms with van der Waals surface area (Å²) in [5, 5.41) is 8.63. The van der Waals surface area contributed by atoms with Crippen molar-refractivity contribution in [3.05, 3.63) is 0 Å². The molecule has 0 rings (SSSR count). The van der Waals surface area contributed by atoms with E-state index < -0.39 is 30.3 Å². The van der Waals surface area contributed by atoms with Gasteiger partial charge in [-0.25, -0.2) is 0 Å². The second kappa shape index (κ2) is 8.47. The highest BCUT2D eigenvalue weighted by Gasteiger charge is 2.24. The summed E-state index contributed by atoms with van der Waals surface area (Å²) in [5.74, 6) is -1.81. The molecule has 19 heavy (non-hydrogen) atoms.